The number of esters is 1. The zero-order valence-corrected chi connectivity index (χ0v) is 16.9. The van der Waals surface area contributed by atoms with Crippen LogP contribution in [0.5, 0.6) is 0 Å². The van der Waals surface area contributed by atoms with Crippen LogP contribution < -0.4 is 0 Å². The summed E-state index contributed by atoms with van der Waals surface area (Å²) >= 11 is 0. The fourth-order valence-corrected chi connectivity index (χ4v) is 4.03. The van der Waals surface area contributed by atoms with Gasteiger partial charge in [0.2, 0.25) is 0 Å². The molecule has 1 fully saturated rings. The first-order chi connectivity index (χ1) is 11.6. The van der Waals surface area contributed by atoms with Crippen molar-refractivity contribution in [3.63, 3.8) is 0 Å². The summed E-state index contributed by atoms with van der Waals surface area (Å²) in [5.41, 5.74) is -1.68. The molecule has 6 nitrogen and oxygen atoms in total. The Kier molecular flexibility index (Phi) is 7.20. The molecule has 0 aromatic carbocycles. The second-order valence-corrected chi connectivity index (χ2v) is 9.86. The molecule has 0 aliphatic carbocycles. The Balaban J connectivity index is 2.84. The molecule has 2 atom stereocenters. The molecule has 0 saturated carbocycles. The Morgan fingerprint density at radius 2 is 1.81 bits per heavy atom. The molecule has 2 unspecified atom stereocenters. The van der Waals surface area contributed by atoms with Crippen molar-refractivity contribution >= 4 is 16.1 Å². The number of halogens is 2. The third-order valence-corrected chi connectivity index (χ3v) is 6.06. The number of alkyl halides is 2. The van der Waals surface area contributed by atoms with Gasteiger partial charge in [-0.2, -0.15) is 17.2 Å². The van der Waals surface area contributed by atoms with Gasteiger partial charge in [-0.3, -0.25) is 4.55 Å². The zero-order valence-electron chi connectivity index (χ0n) is 16.0. The highest BCUT2D eigenvalue weighted by Gasteiger charge is 2.55. The van der Waals surface area contributed by atoms with E-state index in [1.54, 1.807) is 0 Å². The van der Waals surface area contributed by atoms with Crippen LogP contribution in [0.3, 0.4) is 0 Å². The third-order valence-electron chi connectivity index (χ3n) is 5.25. The Hall–Kier alpha value is -0.800. The summed E-state index contributed by atoms with van der Waals surface area (Å²) in [5, 5.41) is -4.99. The van der Waals surface area contributed by atoms with E-state index in [0.29, 0.717) is 12.5 Å². The van der Waals surface area contributed by atoms with Crippen LogP contribution in [0.2, 0.25) is 0 Å². The van der Waals surface area contributed by atoms with Crippen LogP contribution in [0.1, 0.15) is 60.3 Å². The number of rotatable bonds is 7. The van der Waals surface area contributed by atoms with Crippen molar-refractivity contribution in [2.24, 2.45) is 17.3 Å². The molecule has 1 aliphatic rings. The average Bonchev–Trinajstić information content (AvgIpc) is 2.72. The van der Waals surface area contributed by atoms with Gasteiger partial charge in [0.1, 0.15) is 5.60 Å². The first kappa shape index (κ1) is 23.2. The lowest BCUT2D eigenvalue weighted by atomic mass is 9.66. The normalized spacial score (nSPS) is 21.8. The van der Waals surface area contributed by atoms with Crippen LogP contribution in [0, 0.1) is 17.3 Å². The van der Waals surface area contributed by atoms with Crippen molar-refractivity contribution < 1.29 is 36.0 Å². The minimum absolute atomic E-state index is 0.212. The quantitative estimate of drug-likeness (QED) is 0.518. The lowest BCUT2D eigenvalue weighted by molar-refractivity contribution is -0.178. The molecule has 0 amide bonds. The number of carbonyl (C=O) groups is 1. The topological polar surface area (TPSA) is 89.9 Å². The van der Waals surface area contributed by atoms with Gasteiger partial charge >= 0.3 is 21.3 Å². The molecular formula is C17H30F2O6S. The van der Waals surface area contributed by atoms with Crippen molar-refractivity contribution in [2.45, 2.75) is 71.2 Å². The van der Waals surface area contributed by atoms with E-state index in [4.69, 9.17) is 14.0 Å². The van der Waals surface area contributed by atoms with E-state index >= 15 is 0 Å². The van der Waals surface area contributed by atoms with Crippen molar-refractivity contribution in [2.75, 3.05) is 13.2 Å². The molecule has 1 saturated heterocycles. The van der Waals surface area contributed by atoms with Gasteiger partial charge in [0.25, 0.3) is 0 Å². The standard InChI is InChI=1S/C17H30F2O6S/c1-12(13-7-6-9-24-10-8-13)15(2,3)11-16(4,5)25-14(20)17(18,19)26(21,22)23/h12-13H,6-11H2,1-5H3,(H,21,22,23). The number of ether oxygens (including phenoxy) is 2. The molecule has 0 radical (unpaired) electrons. The van der Waals surface area contributed by atoms with Crippen LogP contribution >= 0.6 is 0 Å². The van der Waals surface area contributed by atoms with Gasteiger partial charge in [-0.25, -0.2) is 4.79 Å². The fourth-order valence-electron chi connectivity index (χ4n) is 3.78. The second kappa shape index (κ2) is 8.06. The lowest BCUT2D eigenvalue weighted by Crippen LogP contribution is -2.45. The molecule has 26 heavy (non-hydrogen) atoms. The summed E-state index contributed by atoms with van der Waals surface area (Å²) in [6, 6.07) is 0. The van der Waals surface area contributed by atoms with Gasteiger partial charge in [-0.1, -0.05) is 20.8 Å². The van der Waals surface area contributed by atoms with Gasteiger partial charge in [0.05, 0.1) is 0 Å². The molecule has 0 aromatic heterocycles. The van der Waals surface area contributed by atoms with Crippen molar-refractivity contribution in [3.05, 3.63) is 0 Å². The van der Waals surface area contributed by atoms with Crippen molar-refractivity contribution in [3.8, 4) is 0 Å². The smallest absolute Gasteiger partial charge is 0.454 e. The number of hydrogen-bond acceptors (Lipinski definition) is 5. The Labute approximate surface area is 154 Å². The van der Waals surface area contributed by atoms with Crippen molar-refractivity contribution in [1.82, 2.24) is 0 Å². The van der Waals surface area contributed by atoms with Crippen LogP contribution in [0.4, 0.5) is 8.78 Å². The average molecular weight is 400 g/mol. The van der Waals surface area contributed by atoms with E-state index in [0.717, 1.165) is 25.9 Å². The SMILES string of the molecule is CC(C1CCCOCC1)C(C)(C)CC(C)(C)OC(=O)C(F)(F)S(=O)(=O)O. The molecule has 0 bridgehead atoms. The van der Waals surface area contributed by atoms with E-state index in [1.165, 1.54) is 13.8 Å². The van der Waals surface area contributed by atoms with Crippen LogP contribution in [-0.2, 0) is 24.4 Å². The first-order valence-electron chi connectivity index (χ1n) is 8.76. The zero-order chi connectivity index (χ0) is 20.4. The maximum absolute atomic E-state index is 13.5. The van der Waals surface area contributed by atoms with E-state index in [-0.39, 0.29) is 17.8 Å². The number of hydrogen-bond donors (Lipinski definition) is 1. The van der Waals surface area contributed by atoms with Crippen LogP contribution in [-0.4, -0.2) is 43.0 Å². The highest BCUT2D eigenvalue weighted by atomic mass is 32.2. The maximum Gasteiger partial charge on any atom is 0.465 e. The van der Waals surface area contributed by atoms with Gasteiger partial charge < -0.3 is 9.47 Å². The minimum Gasteiger partial charge on any atom is -0.454 e. The van der Waals surface area contributed by atoms with E-state index < -0.39 is 26.9 Å². The first-order valence-corrected chi connectivity index (χ1v) is 10.2. The molecule has 1 heterocycles. The molecular weight excluding hydrogens is 370 g/mol. The molecule has 1 aliphatic heterocycles. The molecule has 9 heteroatoms. The van der Waals surface area contributed by atoms with E-state index in [1.807, 2.05) is 13.8 Å². The second-order valence-electron chi connectivity index (χ2n) is 8.40. The van der Waals surface area contributed by atoms with Gasteiger partial charge in [-0.05, 0) is 56.8 Å². The Morgan fingerprint density at radius 1 is 1.23 bits per heavy atom. The monoisotopic (exact) mass is 400 g/mol. The molecule has 0 spiro atoms. The molecule has 0 aromatic rings. The van der Waals surface area contributed by atoms with Gasteiger partial charge in [-0.15, -0.1) is 0 Å². The summed E-state index contributed by atoms with van der Waals surface area (Å²) < 4.78 is 67.1. The number of carbonyl (C=O) groups excluding carboxylic acids is 1. The van der Waals surface area contributed by atoms with Crippen LogP contribution in [0.15, 0.2) is 0 Å². The summed E-state index contributed by atoms with van der Waals surface area (Å²) in [6.45, 7) is 10.4. The highest BCUT2D eigenvalue weighted by molar-refractivity contribution is 7.87. The summed E-state index contributed by atoms with van der Waals surface area (Å²) in [4.78, 5) is 11.6. The van der Waals surface area contributed by atoms with Crippen LogP contribution in [0.25, 0.3) is 0 Å². The Morgan fingerprint density at radius 3 is 2.35 bits per heavy atom. The molecule has 1 rings (SSSR count). The summed E-state index contributed by atoms with van der Waals surface area (Å²) in [6.07, 6.45) is 3.13. The predicted octanol–water partition coefficient (Wildman–Crippen LogP) is 3.66. The fraction of sp³-hybridized carbons (Fsp3) is 0.941. The highest BCUT2D eigenvalue weighted by Crippen LogP contribution is 2.43. The van der Waals surface area contributed by atoms with E-state index in [2.05, 4.69) is 6.92 Å². The third kappa shape index (κ3) is 5.85. The largest absolute Gasteiger partial charge is 0.465 e. The van der Waals surface area contributed by atoms with E-state index in [9.17, 15) is 22.0 Å². The van der Waals surface area contributed by atoms with Crippen molar-refractivity contribution in [1.29, 1.82) is 0 Å². The molecule has 1 N–H and O–H groups in total. The van der Waals surface area contributed by atoms with Gasteiger partial charge in [0.15, 0.2) is 0 Å². The lowest BCUT2D eigenvalue weighted by Gasteiger charge is -2.42. The summed E-state index contributed by atoms with van der Waals surface area (Å²) in [7, 11) is -5.88. The predicted molar refractivity (Wildman–Crippen MR) is 92.4 cm³/mol. The minimum atomic E-state index is -5.88. The van der Waals surface area contributed by atoms with Gasteiger partial charge in [0, 0.05) is 13.2 Å². The summed E-state index contributed by atoms with van der Waals surface area (Å²) in [5.74, 6) is -1.65. The Bertz CT molecular complexity index is 592. The maximum atomic E-state index is 13.5. The molecule has 154 valence electrons.